The van der Waals surface area contributed by atoms with E-state index in [4.69, 9.17) is 3.76 Å². The van der Waals surface area contributed by atoms with Crippen molar-refractivity contribution in [3.05, 3.63) is 21.9 Å². The van der Waals surface area contributed by atoms with E-state index in [0.29, 0.717) is 20.9 Å². The fourth-order valence-electron chi connectivity index (χ4n) is 0. The molecule has 0 heterocycles. The number of hydrogen-bond donors (Lipinski definition) is 1. The molecule has 16 heavy (non-hydrogen) atoms. The summed E-state index contributed by atoms with van der Waals surface area (Å²) in [5.41, 5.74) is 0. The minimum atomic E-state index is 0.694. The van der Waals surface area contributed by atoms with Crippen LogP contribution in [0.4, 0.5) is 0 Å². The van der Waals surface area contributed by atoms with Gasteiger partial charge in [-0.3, -0.25) is 0 Å². The molecule has 4 nitrogen and oxygen atoms in total. The van der Waals surface area contributed by atoms with E-state index in [-0.39, 0.29) is 0 Å². The Balaban J connectivity index is -0.0000000329. The van der Waals surface area contributed by atoms with Crippen molar-refractivity contribution in [3.8, 4) is 0 Å². The van der Waals surface area contributed by atoms with Crippen LogP contribution in [-0.2, 0) is 20.9 Å². The van der Waals surface area contributed by atoms with E-state index < -0.39 is 0 Å². The Bertz CT molecular complexity index is 59.2. The predicted molar refractivity (Wildman–Crippen MR) is 73.2 cm³/mol. The monoisotopic (exact) mass is 399 g/mol. The van der Waals surface area contributed by atoms with Crippen LogP contribution in [0.25, 0.3) is 16.0 Å². The van der Waals surface area contributed by atoms with Crippen molar-refractivity contribution in [2.24, 2.45) is 0 Å². The molecule has 0 aliphatic rings. The number of nitrogens with zero attached hydrogens (tertiary/aromatic N) is 3. The Morgan fingerprint density at radius 1 is 0.812 bits per heavy atom. The third kappa shape index (κ3) is 443. The summed E-state index contributed by atoms with van der Waals surface area (Å²) in [5.74, 6) is 1.50. The van der Waals surface area contributed by atoms with Gasteiger partial charge in [-0.25, -0.2) is 0 Å². The van der Waals surface area contributed by atoms with Gasteiger partial charge < -0.3 is 21.9 Å². The van der Waals surface area contributed by atoms with Crippen LogP contribution < -0.4 is 0 Å². The summed E-state index contributed by atoms with van der Waals surface area (Å²) in [7, 11) is 10.5. The maximum absolute atomic E-state index is 5.86. The summed E-state index contributed by atoms with van der Waals surface area (Å²) >= 11 is 0.694. The molecule has 0 rings (SSSR count). The van der Waals surface area contributed by atoms with Crippen molar-refractivity contribution in [1.29, 1.82) is 3.76 Å². The van der Waals surface area contributed by atoms with Gasteiger partial charge >= 0.3 is 24.6 Å². The van der Waals surface area contributed by atoms with Gasteiger partial charge in [-0.2, -0.15) is 62.6 Å². The molecule has 0 radical (unpaired) electrons. The van der Waals surface area contributed by atoms with Crippen molar-refractivity contribution < 1.29 is 20.9 Å². The third-order valence-electron chi connectivity index (χ3n) is 0.707. The van der Waals surface area contributed by atoms with E-state index in [9.17, 15) is 0 Å². The van der Waals surface area contributed by atoms with Crippen LogP contribution in [0.5, 0.6) is 0 Å². The van der Waals surface area contributed by atoms with E-state index in [0.717, 1.165) is 0 Å². The summed E-state index contributed by atoms with van der Waals surface area (Å²) in [4.78, 5) is 0. The van der Waals surface area contributed by atoms with Crippen LogP contribution in [0.3, 0.4) is 0 Å². The Labute approximate surface area is 116 Å². The normalized spacial score (nSPS) is 6.56. The Morgan fingerprint density at radius 2 is 0.875 bits per heavy atom. The molecule has 1 N–H and O–H groups in total. The molecule has 0 aromatic carbocycles. The molecule has 0 fully saturated rings. The van der Waals surface area contributed by atoms with Gasteiger partial charge in [0.15, 0.2) is 0 Å². The first kappa shape index (κ1) is 29.9. The molecule has 0 saturated heterocycles. The van der Waals surface area contributed by atoms with Gasteiger partial charge in [0.25, 0.3) is 0 Å². The molecule has 0 aliphatic heterocycles. The number of hydrogen-bond acceptors (Lipinski definition) is 1. The zero-order chi connectivity index (χ0) is 14.4. The zero-order valence-corrected chi connectivity index (χ0v) is 15.7. The molecule has 0 amide bonds. The maximum atomic E-state index is 5.86. The summed E-state index contributed by atoms with van der Waals surface area (Å²) < 4.78 is 5.86. The molecule has 0 bridgehead atoms. The van der Waals surface area contributed by atoms with E-state index >= 15 is 0 Å². The average Bonchev–Trinajstić information content (AvgIpc) is 2.24. The first-order valence-corrected chi connectivity index (χ1v) is 6.57. The quantitative estimate of drug-likeness (QED) is 0.644. The van der Waals surface area contributed by atoms with Gasteiger partial charge in [0.2, 0.25) is 0 Å². The van der Waals surface area contributed by atoms with Crippen molar-refractivity contribution in [3.63, 3.8) is 0 Å². The van der Waals surface area contributed by atoms with Crippen LogP contribution in [0.1, 0.15) is 27.2 Å². The Morgan fingerprint density at radius 3 is 0.875 bits per heavy atom. The molecule has 0 spiro atoms. The van der Waals surface area contributed by atoms with E-state index in [1.807, 2.05) is 0 Å². The second-order valence-corrected chi connectivity index (χ2v) is 2.90. The van der Waals surface area contributed by atoms with Gasteiger partial charge in [-0.05, 0) is 0 Å². The van der Waals surface area contributed by atoms with Crippen LogP contribution in [0.2, 0.25) is 0 Å². The van der Waals surface area contributed by atoms with E-state index in [1.54, 1.807) is 42.3 Å². The molecule has 0 aliphatic carbocycles. The fourth-order valence-corrected chi connectivity index (χ4v) is 0. The SMILES string of the molecule is CC[C-](C)C.C[N-]C.C[N-]C.C[N-]C.[NH]=[Ta]. The molecular weight excluding hydrogens is 369 g/mol. The fraction of sp³-hybridized carbons (Fsp3) is 0.909. The van der Waals surface area contributed by atoms with Gasteiger partial charge in [0.1, 0.15) is 0 Å². The van der Waals surface area contributed by atoms with Gasteiger partial charge in [-0.15, -0.1) is 0 Å². The number of nitrogens with one attached hydrogen (secondary N) is 1. The van der Waals surface area contributed by atoms with Crippen molar-refractivity contribution in [1.82, 2.24) is 0 Å². The summed E-state index contributed by atoms with van der Waals surface area (Å²) in [6.45, 7) is 6.44. The molecule has 5 heteroatoms. The minimum absolute atomic E-state index is 0.694. The van der Waals surface area contributed by atoms with Crippen LogP contribution in [-0.4, -0.2) is 42.3 Å². The van der Waals surface area contributed by atoms with E-state index in [1.165, 1.54) is 12.3 Å². The van der Waals surface area contributed by atoms with Gasteiger partial charge in [0.05, 0.1) is 0 Å². The van der Waals surface area contributed by atoms with Gasteiger partial charge in [0, 0.05) is 0 Å². The Hall–Kier alpha value is 0.420. The van der Waals surface area contributed by atoms with Crippen molar-refractivity contribution in [2.75, 3.05) is 42.3 Å². The first-order chi connectivity index (χ1) is 7.51. The molecule has 0 aromatic rings. The summed E-state index contributed by atoms with van der Waals surface area (Å²) in [6.07, 6.45) is 1.22. The first-order valence-electron chi connectivity index (χ1n) is 4.97. The van der Waals surface area contributed by atoms with Gasteiger partial charge in [-0.1, -0.05) is 6.92 Å². The summed E-state index contributed by atoms with van der Waals surface area (Å²) in [6, 6.07) is 0. The predicted octanol–water partition coefficient (Wildman–Crippen LogP) is 4.17. The second-order valence-electron chi connectivity index (χ2n) is 2.90. The molecule has 0 saturated carbocycles. The zero-order valence-electron chi connectivity index (χ0n) is 12.5. The molecule has 0 unspecified atom stereocenters. The molecule has 0 aromatic heterocycles. The number of rotatable bonds is 1. The van der Waals surface area contributed by atoms with Crippen molar-refractivity contribution >= 4 is 0 Å². The van der Waals surface area contributed by atoms with Crippen LogP contribution >= 0.6 is 0 Å². The Kier molecular flexibility index (Phi) is 109. The molecular formula is C11H30N4Ta-4. The average molecular weight is 399 g/mol. The second kappa shape index (κ2) is 58.2. The van der Waals surface area contributed by atoms with Crippen molar-refractivity contribution in [2.45, 2.75) is 27.2 Å². The van der Waals surface area contributed by atoms with E-state index in [2.05, 4.69) is 36.7 Å². The topological polar surface area (TPSA) is 66.2 Å². The molecule has 103 valence electrons. The van der Waals surface area contributed by atoms with Crippen LogP contribution in [0, 0.1) is 9.67 Å². The third-order valence-corrected chi connectivity index (χ3v) is 0.707. The summed E-state index contributed by atoms with van der Waals surface area (Å²) in [5, 5.41) is 10.5. The van der Waals surface area contributed by atoms with Crippen LogP contribution in [0.15, 0.2) is 0 Å². The molecule has 0 atom stereocenters. The standard InChI is InChI=1S/C5H11.3C2H6N.HN.Ta/c1-4-5(2)3;3*1-3-2;;/h4H2,1-3H3;3*1-2H3;1H;/q4*-1;;.